The Morgan fingerprint density at radius 2 is 2.10 bits per heavy atom. The zero-order chi connectivity index (χ0) is 14.5. The lowest BCUT2D eigenvalue weighted by atomic mass is 10.2. The van der Waals surface area contributed by atoms with Crippen LogP contribution in [0.5, 0.6) is 0 Å². The molecule has 0 radical (unpaired) electrons. The third kappa shape index (κ3) is 2.85. The Hall–Kier alpha value is -2.63. The number of nitrogen functional groups attached to an aromatic ring is 1. The Labute approximate surface area is 117 Å². The van der Waals surface area contributed by atoms with Crippen LogP contribution >= 0.6 is 0 Å². The Kier molecular flexibility index (Phi) is 4.14. The highest BCUT2D eigenvalue weighted by Gasteiger charge is 2.21. The van der Waals surface area contributed by atoms with E-state index in [-0.39, 0.29) is 11.4 Å². The van der Waals surface area contributed by atoms with Crippen LogP contribution in [0, 0.1) is 10.1 Å². The molecule has 1 aromatic heterocycles. The van der Waals surface area contributed by atoms with E-state index < -0.39 is 4.92 Å². The van der Waals surface area contributed by atoms with Crippen LogP contribution < -0.4 is 10.6 Å². The van der Waals surface area contributed by atoms with E-state index in [2.05, 4.69) is 4.98 Å². The van der Waals surface area contributed by atoms with Crippen LogP contribution in [0.4, 0.5) is 17.1 Å². The number of para-hydroxylation sites is 1. The van der Waals surface area contributed by atoms with Crippen molar-refractivity contribution in [2.45, 2.75) is 13.5 Å². The summed E-state index contributed by atoms with van der Waals surface area (Å²) in [6.45, 7) is 3.07. The fourth-order valence-corrected chi connectivity index (χ4v) is 2.06. The van der Waals surface area contributed by atoms with Gasteiger partial charge in [0.25, 0.3) is 0 Å². The summed E-state index contributed by atoms with van der Waals surface area (Å²) in [7, 11) is 0. The number of hydrogen-bond acceptors (Lipinski definition) is 5. The Bertz CT molecular complexity index is 601. The third-order valence-corrected chi connectivity index (χ3v) is 3.03. The topological polar surface area (TPSA) is 85.3 Å². The van der Waals surface area contributed by atoms with Gasteiger partial charge in [0.15, 0.2) is 0 Å². The van der Waals surface area contributed by atoms with Crippen LogP contribution in [-0.4, -0.2) is 16.5 Å². The summed E-state index contributed by atoms with van der Waals surface area (Å²) in [6.07, 6.45) is 1.71. The molecule has 2 rings (SSSR count). The molecular formula is C14H16N4O2. The number of aromatic nitrogens is 1. The number of hydrogen-bond donors (Lipinski definition) is 1. The lowest BCUT2D eigenvalue weighted by molar-refractivity contribution is -0.383. The lowest BCUT2D eigenvalue weighted by Crippen LogP contribution is -2.23. The van der Waals surface area contributed by atoms with Crippen molar-refractivity contribution >= 4 is 17.1 Å². The molecule has 2 aromatic rings. The van der Waals surface area contributed by atoms with Gasteiger partial charge in [-0.3, -0.25) is 15.1 Å². The molecule has 0 bridgehead atoms. The number of nitrogens with two attached hydrogens (primary N) is 1. The molecule has 6 nitrogen and oxygen atoms in total. The summed E-state index contributed by atoms with van der Waals surface area (Å²) in [5.41, 5.74) is 7.22. The first-order chi connectivity index (χ1) is 9.63. The van der Waals surface area contributed by atoms with Gasteiger partial charge < -0.3 is 10.6 Å². The lowest BCUT2D eigenvalue weighted by Gasteiger charge is -2.22. The first kappa shape index (κ1) is 13.8. The first-order valence-electron chi connectivity index (χ1n) is 6.31. The minimum Gasteiger partial charge on any atom is -0.393 e. The molecule has 1 heterocycles. The van der Waals surface area contributed by atoms with Crippen LogP contribution in [0.3, 0.4) is 0 Å². The van der Waals surface area contributed by atoms with Crippen molar-refractivity contribution in [3.8, 4) is 0 Å². The molecule has 104 valence electrons. The second kappa shape index (κ2) is 6.01. The fraction of sp³-hybridized carbons (Fsp3) is 0.214. The number of anilines is 2. The van der Waals surface area contributed by atoms with E-state index in [1.807, 2.05) is 30.0 Å². The predicted octanol–water partition coefficient (Wildman–Crippen LogP) is 2.60. The van der Waals surface area contributed by atoms with E-state index >= 15 is 0 Å². The molecule has 0 aliphatic heterocycles. The van der Waals surface area contributed by atoms with Crippen LogP contribution in [0.2, 0.25) is 0 Å². The van der Waals surface area contributed by atoms with Gasteiger partial charge in [0.2, 0.25) is 0 Å². The van der Waals surface area contributed by atoms with Gasteiger partial charge >= 0.3 is 5.69 Å². The van der Waals surface area contributed by atoms with E-state index in [0.29, 0.717) is 18.8 Å². The second-order valence-corrected chi connectivity index (χ2v) is 4.31. The largest absolute Gasteiger partial charge is 0.393 e. The van der Waals surface area contributed by atoms with Gasteiger partial charge in [-0.1, -0.05) is 12.1 Å². The molecule has 0 saturated heterocycles. The number of rotatable bonds is 5. The van der Waals surface area contributed by atoms with Crippen LogP contribution in [0.25, 0.3) is 0 Å². The number of benzene rings is 1. The third-order valence-electron chi connectivity index (χ3n) is 3.03. The molecule has 20 heavy (non-hydrogen) atoms. The summed E-state index contributed by atoms with van der Waals surface area (Å²) in [5, 5.41) is 11.2. The SMILES string of the molecule is CCN(Cc1ccccn1)c1cccc(N)c1[N+](=O)[O-]. The minimum atomic E-state index is -0.439. The quantitative estimate of drug-likeness (QED) is 0.513. The maximum absolute atomic E-state index is 11.2. The molecule has 2 N–H and O–H groups in total. The standard InChI is InChI=1S/C14H16N4O2/c1-2-17(10-11-6-3-4-9-16-11)13-8-5-7-12(15)14(13)18(19)20/h3-9H,2,10,15H2,1H3. The smallest absolute Gasteiger partial charge is 0.315 e. The summed E-state index contributed by atoms with van der Waals surface area (Å²) in [6, 6.07) is 10.6. The van der Waals surface area contributed by atoms with Crippen molar-refractivity contribution in [1.82, 2.24) is 4.98 Å². The molecule has 0 spiro atoms. The maximum Gasteiger partial charge on any atom is 0.315 e. The van der Waals surface area contributed by atoms with Gasteiger partial charge in [0.1, 0.15) is 11.4 Å². The van der Waals surface area contributed by atoms with E-state index in [1.54, 1.807) is 18.3 Å². The molecule has 0 atom stereocenters. The summed E-state index contributed by atoms with van der Waals surface area (Å²) in [4.78, 5) is 16.9. The monoisotopic (exact) mass is 272 g/mol. The molecule has 0 saturated carbocycles. The molecular weight excluding hydrogens is 256 g/mol. The second-order valence-electron chi connectivity index (χ2n) is 4.31. The van der Waals surface area contributed by atoms with E-state index in [0.717, 1.165) is 5.69 Å². The maximum atomic E-state index is 11.2. The highest BCUT2D eigenvalue weighted by Crippen LogP contribution is 2.34. The fourth-order valence-electron chi connectivity index (χ4n) is 2.06. The molecule has 0 unspecified atom stereocenters. The molecule has 6 heteroatoms. The van der Waals surface area contributed by atoms with Crippen molar-refractivity contribution < 1.29 is 4.92 Å². The molecule has 1 aromatic carbocycles. The van der Waals surface area contributed by atoms with Gasteiger partial charge in [-0.25, -0.2) is 0 Å². The Morgan fingerprint density at radius 1 is 1.30 bits per heavy atom. The van der Waals surface area contributed by atoms with Gasteiger partial charge in [-0.2, -0.15) is 0 Å². The summed E-state index contributed by atoms with van der Waals surface area (Å²) < 4.78 is 0. The Balaban J connectivity index is 2.37. The molecule has 0 aliphatic carbocycles. The van der Waals surface area contributed by atoms with Crippen molar-refractivity contribution in [3.05, 3.63) is 58.4 Å². The summed E-state index contributed by atoms with van der Waals surface area (Å²) >= 11 is 0. The van der Waals surface area contributed by atoms with Crippen molar-refractivity contribution in [3.63, 3.8) is 0 Å². The van der Waals surface area contributed by atoms with E-state index in [4.69, 9.17) is 5.73 Å². The van der Waals surface area contributed by atoms with Crippen LogP contribution in [-0.2, 0) is 6.54 Å². The van der Waals surface area contributed by atoms with Gasteiger partial charge in [0.05, 0.1) is 17.2 Å². The average molecular weight is 272 g/mol. The Morgan fingerprint density at radius 3 is 2.70 bits per heavy atom. The normalized spacial score (nSPS) is 10.2. The molecule has 0 aliphatic rings. The molecule has 0 fully saturated rings. The zero-order valence-electron chi connectivity index (χ0n) is 11.2. The van der Waals surface area contributed by atoms with Crippen molar-refractivity contribution in [2.75, 3.05) is 17.2 Å². The number of pyridine rings is 1. The summed E-state index contributed by atoms with van der Waals surface area (Å²) in [5.74, 6) is 0. The van der Waals surface area contributed by atoms with Crippen LogP contribution in [0.15, 0.2) is 42.6 Å². The van der Waals surface area contributed by atoms with Crippen LogP contribution in [0.1, 0.15) is 12.6 Å². The van der Waals surface area contributed by atoms with Gasteiger partial charge in [-0.05, 0) is 31.2 Å². The average Bonchev–Trinajstić information content (AvgIpc) is 2.45. The molecule has 0 amide bonds. The predicted molar refractivity (Wildman–Crippen MR) is 78.5 cm³/mol. The van der Waals surface area contributed by atoms with Crippen molar-refractivity contribution in [1.29, 1.82) is 0 Å². The van der Waals surface area contributed by atoms with Gasteiger partial charge in [-0.15, -0.1) is 0 Å². The number of nitro groups is 1. The van der Waals surface area contributed by atoms with E-state index in [9.17, 15) is 10.1 Å². The minimum absolute atomic E-state index is 0.0507. The van der Waals surface area contributed by atoms with E-state index in [1.165, 1.54) is 6.07 Å². The highest BCUT2D eigenvalue weighted by atomic mass is 16.6. The van der Waals surface area contributed by atoms with Gasteiger partial charge in [0, 0.05) is 12.7 Å². The number of nitrogens with zero attached hydrogens (tertiary/aromatic N) is 3. The zero-order valence-corrected chi connectivity index (χ0v) is 11.2. The first-order valence-corrected chi connectivity index (χ1v) is 6.31. The highest BCUT2D eigenvalue weighted by molar-refractivity contribution is 5.75. The van der Waals surface area contributed by atoms with Crippen molar-refractivity contribution in [2.24, 2.45) is 0 Å². The number of nitro benzene ring substituents is 1.